The minimum Gasteiger partial charge on any atom is -0.465 e. The van der Waals surface area contributed by atoms with Crippen LogP contribution in [0.4, 0.5) is 4.39 Å². The van der Waals surface area contributed by atoms with E-state index in [0.717, 1.165) is 13.0 Å². The molecule has 1 aromatic rings. The van der Waals surface area contributed by atoms with Gasteiger partial charge < -0.3 is 9.64 Å². The number of benzene rings is 1. The Kier molecular flexibility index (Phi) is 8.26. The molecule has 0 saturated carbocycles. The van der Waals surface area contributed by atoms with Crippen molar-refractivity contribution in [1.29, 1.82) is 0 Å². The van der Waals surface area contributed by atoms with Crippen LogP contribution >= 0.6 is 0 Å². The minimum absolute atomic E-state index is 0.0263. The number of hydrogen-bond donors (Lipinski definition) is 1. The second-order valence-electron chi connectivity index (χ2n) is 5.98. The van der Waals surface area contributed by atoms with Gasteiger partial charge in [0.15, 0.2) is 0 Å². The van der Waals surface area contributed by atoms with Gasteiger partial charge in [0.1, 0.15) is 5.82 Å². The maximum Gasteiger partial charge on any atom is 0.291 e. The molecule has 0 heterocycles. The molecule has 1 rings (SSSR count). The van der Waals surface area contributed by atoms with Crippen molar-refractivity contribution in [3.8, 4) is 0 Å². The molecular formula is C17H26FN3O2. The number of aliphatic imine (C=N–C) groups is 1. The minimum atomic E-state index is -0.569. The molecule has 6 heteroatoms. The van der Waals surface area contributed by atoms with E-state index < -0.39 is 11.7 Å². The Balaban J connectivity index is 2.69. The van der Waals surface area contributed by atoms with Crippen molar-refractivity contribution in [2.24, 2.45) is 10.9 Å². The second kappa shape index (κ2) is 9.94. The lowest BCUT2D eigenvalue weighted by atomic mass is 10.2. The van der Waals surface area contributed by atoms with Crippen LogP contribution < -0.4 is 5.32 Å². The zero-order chi connectivity index (χ0) is 17.2. The van der Waals surface area contributed by atoms with E-state index in [0.29, 0.717) is 19.1 Å². The van der Waals surface area contributed by atoms with Gasteiger partial charge in [-0.1, -0.05) is 26.0 Å². The van der Waals surface area contributed by atoms with E-state index in [1.807, 2.05) is 27.9 Å². The Morgan fingerprint density at radius 3 is 2.65 bits per heavy atom. The van der Waals surface area contributed by atoms with E-state index in [9.17, 15) is 9.18 Å². The van der Waals surface area contributed by atoms with Crippen LogP contribution in [0.2, 0.25) is 0 Å². The molecule has 0 aromatic heterocycles. The molecule has 1 N–H and O–H groups in total. The molecule has 0 radical (unpaired) electrons. The summed E-state index contributed by atoms with van der Waals surface area (Å²) in [7, 11) is 3.97. The zero-order valence-corrected chi connectivity index (χ0v) is 14.3. The fraction of sp³-hybridized carbons (Fsp3) is 0.529. The van der Waals surface area contributed by atoms with Gasteiger partial charge in [0.05, 0.1) is 12.2 Å². The summed E-state index contributed by atoms with van der Waals surface area (Å²) in [5.74, 6) is -0.827. The van der Waals surface area contributed by atoms with Gasteiger partial charge in [0.2, 0.25) is 0 Å². The quantitative estimate of drug-likeness (QED) is 0.477. The molecule has 0 bridgehead atoms. The number of hydrogen-bond acceptors (Lipinski definition) is 4. The normalized spacial score (nSPS) is 11.9. The molecule has 0 aliphatic carbocycles. The highest BCUT2D eigenvalue weighted by atomic mass is 19.1. The first-order valence-corrected chi connectivity index (χ1v) is 7.78. The van der Waals surface area contributed by atoms with E-state index in [-0.39, 0.29) is 11.6 Å². The van der Waals surface area contributed by atoms with Gasteiger partial charge in [0.25, 0.3) is 11.9 Å². The van der Waals surface area contributed by atoms with Crippen molar-refractivity contribution < 1.29 is 13.9 Å². The van der Waals surface area contributed by atoms with Crippen LogP contribution in [-0.2, 0) is 4.74 Å². The van der Waals surface area contributed by atoms with Gasteiger partial charge in [-0.05, 0) is 45.1 Å². The lowest BCUT2D eigenvalue weighted by molar-refractivity contribution is 0.0959. The zero-order valence-electron chi connectivity index (χ0n) is 14.3. The van der Waals surface area contributed by atoms with E-state index >= 15 is 0 Å². The molecule has 0 saturated heterocycles. The first-order chi connectivity index (χ1) is 10.9. The average molecular weight is 323 g/mol. The molecule has 128 valence electrons. The molecule has 1 amide bonds. The molecule has 0 spiro atoms. The molecule has 0 atom stereocenters. The Morgan fingerprint density at radius 1 is 1.35 bits per heavy atom. The number of nitrogens with zero attached hydrogens (tertiary/aromatic N) is 2. The van der Waals surface area contributed by atoms with Crippen LogP contribution in [0, 0.1) is 11.7 Å². The number of carbonyl (C=O) groups is 1. The Hall–Kier alpha value is -1.95. The van der Waals surface area contributed by atoms with Gasteiger partial charge in [-0.3, -0.25) is 10.1 Å². The fourth-order valence-electron chi connectivity index (χ4n) is 1.74. The largest absolute Gasteiger partial charge is 0.465 e. The highest BCUT2D eigenvalue weighted by Crippen LogP contribution is 2.06. The summed E-state index contributed by atoms with van der Waals surface area (Å²) in [4.78, 5) is 18.5. The molecule has 0 unspecified atom stereocenters. The molecule has 23 heavy (non-hydrogen) atoms. The number of halogens is 1. The van der Waals surface area contributed by atoms with Crippen molar-refractivity contribution in [3.05, 3.63) is 35.6 Å². The van der Waals surface area contributed by atoms with Crippen LogP contribution in [0.1, 0.15) is 30.6 Å². The number of amides is 1. The summed E-state index contributed by atoms with van der Waals surface area (Å²) in [6, 6.07) is 5.97. The van der Waals surface area contributed by atoms with Crippen molar-refractivity contribution >= 4 is 11.9 Å². The third-order valence-corrected chi connectivity index (χ3v) is 2.91. The average Bonchev–Trinajstić information content (AvgIpc) is 2.48. The van der Waals surface area contributed by atoms with Gasteiger partial charge in [-0.15, -0.1) is 0 Å². The lowest BCUT2D eigenvalue weighted by Crippen LogP contribution is -2.34. The SMILES string of the molecule is CC(C)COC(=NCCCN(C)C)NC(=O)c1ccccc1F. The first kappa shape index (κ1) is 19.1. The summed E-state index contributed by atoms with van der Waals surface area (Å²) in [5.41, 5.74) is -0.0263. The van der Waals surface area contributed by atoms with Crippen molar-refractivity contribution in [2.75, 3.05) is 33.8 Å². The standard InChI is InChI=1S/C17H26FN3O2/c1-13(2)12-23-17(19-10-7-11-21(3)4)20-16(22)14-8-5-6-9-15(14)18/h5-6,8-9,13H,7,10-12H2,1-4H3,(H,19,20,22). The predicted octanol–water partition coefficient (Wildman–Crippen LogP) is 2.54. The smallest absolute Gasteiger partial charge is 0.291 e. The van der Waals surface area contributed by atoms with Crippen molar-refractivity contribution in [3.63, 3.8) is 0 Å². The fourth-order valence-corrected chi connectivity index (χ4v) is 1.74. The summed E-state index contributed by atoms with van der Waals surface area (Å²) in [6.07, 6.45) is 0.844. The molecule has 1 aromatic carbocycles. The van der Waals surface area contributed by atoms with E-state index in [1.165, 1.54) is 18.2 Å². The molecule has 5 nitrogen and oxygen atoms in total. The highest BCUT2D eigenvalue weighted by molar-refractivity contribution is 6.04. The number of rotatable bonds is 7. The van der Waals surface area contributed by atoms with Gasteiger partial charge in [-0.2, -0.15) is 0 Å². The topological polar surface area (TPSA) is 53.9 Å². The highest BCUT2D eigenvalue weighted by Gasteiger charge is 2.14. The van der Waals surface area contributed by atoms with Gasteiger partial charge >= 0.3 is 0 Å². The molecule has 0 aliphatic heterocycles. The Morgan fingerprint density at radius 2 is 2.04 bits per heavy atom. The number of ether oxygens (including phenoxy) is 1. The van der Waals surface area contributed by atoms with Gasteiger partial charge in [0, 0.05) is 6.54 Å². The number of nitrogens with one attached hydrogen (secondary N) is 1. The van der Waals surface area contributed by atoms with Gasteiger partial charge in [-0.25, -0.2) is 9.38 Å². The summed E-state index contributed by atoms with van der Waals surface area (Å²) in [5, 5.41) is 2.55. The van der Waals surface area contributed by atoms with Crippen LogP contribution in [0.25, 0.3) is 0 Å². The van der Waals surface area contributed by atoms with E-state index in [4.69, 9.17) is 4.74 Å². The predicted molar refractivity (Wildman–Crippen MR) is 90.1 cm³/mol. The Bertz CT molecular complexity index is 530. The molecule has 0 fully saturated rings. The molecule has 0 aliphatic rings. The van der Waals surface area contributed by atoms with E-state index in [1.54, 1.807) is 6.07 Å². The van der Waals surface area contributed by atoms with Crippen molar-refractivity contribution in [1.82, 2.24) is 10.2 Å². The lowest BCUT2D eigenvalue weighted by Gasteiger charge is -2.13. The second-order valence-corrected chi connectivity index (χ2v) is 5.98. The third-order valence-electron chi connectivity index (χ3n) is 2.91. The first-order valence-electron chi connectivity index (χ1n) is 7.78. The Labute approximate surface area is 137 Å². The number of carbonyl (C=O) groups excluding carboxylic acids is 1. The van der Waals surface area contributed by atoms with Crippen LogP contribution in [0.3, 0.4) is 0 Å². The summed E-state index contributed by atoms with van der Waals surface area (Å²) < 4.78 is 19.2. The van der Waals surface area contributed by atoms with E-state index in [2.05, 4.69) is 15.2 Å². The molecular weight excluding hydrogens is 297 g/mol. The maximum atomic E-state index is 13.7. The third kappa shape index (κ3) is 7.74. The maximum absolute atomic E-state index is 13.7. The van der Waals surface area contributed by atoms with Crippen molar-refractivity contribution in [2.45, 2.75) is 20.3 Å². The van der Waals surface area contributed by atoms with Crippen LogP contribution in [0.15, 0.2) is 29.3 Å². The monoisotopic (exact) mass is 323 g/mol. The van der Waals surface area contributed by atoms with Crippen LogP contribution in [-0.4, -0.2) is 50.6 Å². The summed E-state index contributed by atoms with van der Waals surface area (Å²) in [6.45, 7) is 5.86. The number of amidine groups is 1. The summed E-state index contributed by atoms with van der Waals surface area (Å²) >= 11 is 0. The van der Waals surface area contributed by atoms with Crippen LogP contribution in [0.5, 0.6) is 0 Å².